The lowest BCUT2D eigenvalue weighted by Gasteiger charge is -2.29. The van der Waals surface area contributed by atoms with Crippen LogP contribution in [0.2, 0.25) is 0 Å². The van der Waals surface area contributed by atoms with Gasteiger partial charge in [0.15, 0.2) is 0 Å². The third kappa shape index (κ3) is 2.66. The lowest BCUT2D eigenvalue weighted by molar-refractivity contribution is -0.125. The molecule has 1 saturated heterocycles. The van der Waals surface area contributed by atoms with Crippen LogP contribution in [0, 0.1) is 5.92 Å². The molecule has 0 spiro atoms. The maximum atomic E-state index is 11.5. The molecule has 2 heterocycles. The summed E-state index contributed by atoms with van der Waals surface area (Å²) >= 11 is 0. The summed E-state index contributed by atoms with van der Waals surface area (Å²) in [7, 11) is 0. The molecular formula is C16H18N2O. The molecule has 0 N–H and O–H groups in total. The summed E-state index contributed by atoms with van der Waals surface area (Å²) in [5, 5.41) is 1.18. The zero-order chi connectivity index (χ0) is 13.2. The Labute approximate surface area is 113 Å². The summed E-state index contributed by atoms with van der Waals surface area (Å²) in [4.78, 5) is 18.4. The molecule has 1 atom stereocenters. The van der Waals surface area contributed by atoms with Gasteiger partial charge in [-0.25, -0.2) is 0 Å². The summed E-state index contributed by atoms with van der Waals surface area (Å²) in [6.45, 7) is 4.64. The van der Waals surface area contributed by atoms with Crippen LogP contribution < -0.4 is 0 Å². The van der Waals surface area contributed by atoms with Crippen LogP contribution in [-0.4, -0.2) is 28.8 Å². The number of para-hydroxylation sites is 1. The lowest BCUT2D eigenvalue weighted by Crippen LogP contribution is -2.39. The molecule has 0 saturated carbocycles. The topological polar surface area (TPSA) is 33.2 Å². The number of ketones is 1. The fraction of sp³-hybridized carbons (Fsp3) is 0.375. The summed E-state index contributed by atoms with van der Waals surface area (Å²) in [5.41, 5.74) is 2.26. The minimum absolute atomic E-state index is 0.169. The Morgan fingerprint density at radius 1 is 1.37 bits per heavy atom. The van der Waals surface area contributed by atoms with Gasteiger partial charge in [0.2, 0.25) is 0 Å². The summed E-state index contributed by atoms with van der Waals surface area (Å²) in [5.74, 6) is 0.565. The second-order valence-electron chi connectivity index (χ2n) is 5.39. The number of pyridine rings is 1. The van der Waals surface area contributed by atoms with Gasteiger partial charge in [-0.2, -0.15) is 0 Å². The van der Waals surface area contributed by atoms with Gasteiger partial charge < -0.3 is 0 Å². The van der Waals surface area contributed by atoms with Crippen molar-refractivity contribution in [1.29, 1.82) is 0 Å². The maximum absolute atomic E-state index is 11.5. The Morgan fingerprint density at radius 2 is 2.21 bits per heavy atom. The van der Waals surface area contributed by atoms with Crippen molar-refractivity contribution in [3.05, 3.63) is 42.1 Å². The fourth-order valence-electron chi connectivity index (χ4n) is 2.70. The van der Waals surface area contributed by atoms with Gasteiger partial charge in [0.25, 0.3) is 0 Å². The largest absolute Gasteiger partial charge is 0.299 e. The third-order valence-corrected chi connectivity index (χ3v) is 3.81. The van der Waals surface area contributed by atoms with Gasteiger partial charge >= 0.3 is 0 Å². The van der Waals surface area contributed by atoms with E-state index in [1.807, 2.05) is 31.3 Å². The number of hydrogen-bond donors (Lipinski definition) is 0. The van der Waals surface area contributed by atoms with Crippen LogP contribution in [0.4, 0.5) is 0 Å². The predicted octanol–water partition coefficient (Wildman–Crippen LogP) is 2.65. The van der Waals surface area contributed by atoms with Crippen molar-refractivity contribution in [1.82, 2.24) is 9.88 Å². The minimum atomic E-state index is 0.169. The van der Waals surface area contributed by atoms with Crippen molar-refractivity contribution in [3.8, 4) is 0 Å². The van der Waals surface area contributed by atoms with Crippen LogP contribution in [0.1, 0.15) is 18.9 Å². The summed E-state index contributed by atoms with van der Waals surface area (Å²) in [6.07, 6.45) is 2.63. The number of carbonyl (C=O) groups is 1. The molecule has 0 bridgehead atoms. The van der Waals surface area contributed by atoms with E-state index in [4.69, 9.17) is 0 Å². The Hall–Kier alpha value is -1.74. The molecule has 98 valence electrons. The molecule has 3 rings (SSSR count). The molecule has 2 aromatic rings. The first-order chi connectivity index (χ1) is 9.22. The number of carbonyl (C=O) groups excluding carboxylic acids is 1. The SMILES string of the molecule is CC1CN(Cc2cnc3ccccc3c2)CCC1=O. The first kappa shape index (κ1) is 12.3. The zero-order valence-corrected chi connectivity index (χ0v) is 11.2. The van der Waals surface area contributed by atoms with Crippen LogP contribution in [0.3, 0.4) is 0 Å². The third-order valence-electron chi connectivity index (χ3n) is 3.81. The zero-order valence-electron chi connectivity index (χ0n) is 11.2. The Kier molecular flexibility index (Phi) is 3.30. The highest BCUT2D eigenvalue weighted by Crippen LogP contribution is 2.17. The molecule has 1 aromatic carbocycles. The van der Waals surface area contributed by atoms with E-state index in [-0.39, 0.29) is 5.92 Å². The first-order valence-electron chi connectivity index (χ1n) is 6.81. The molecule has 3 heteroatoms. The van der Waals surface area contributed by atoms with Crippen molar-refractivity contribution in [3.63, 3.8) is 0 Å². The average Bonchev–Trinajstić information content (AvgIpc) is 2.43. The molecule has 19 heavy (non-hydrogen) atoms. The molecule has 1 aliphatic rings. The second kappa shape index (κ2) is 5.10. The first-order valence-corrected chi connectivity index (χ1v) is 6.81. The average molecular weight is 254 g/mol. The number of nitrogens with zero attached hydrogens (tertiary/aromatic N) is 2. The Bertz CT molecular complexity index is 608. The van der Waals surface area contributed by atoms with Gasteiger partial charge in [-0.05, 0) is 17.7 Å². The van der Waals surface area contributed by atoms with E-state index >= 15 is 0 Å². The van der Waals surface area contributed by atoms with Crippen molar-refractivity contribution in [2.75, 3.05) is 13.1 Å². The molecule has 1 aliphatic heterocycles. The molecule has 3 nitrogen and oxygen atoms in total. The van der Waals surface area contributed by atoms with Crippen molar-refractivity contribution in [2.45, 2.75) is 19.9 Å². The van der Waals surface area contributed by atoms with Crippen LogP contribution in [-0.2, 0) is 11.3 Å². The van der Waals surface area contributed by atoms with E-state index < -0.39 is 0 Å². The Balaban J connectivity index is 1.76. The predicted molar refractivity (Wildman–Crippen MR) is 75.8 cm³/mol. The second-order valence-corrected chi connectivity index (χ2v) is 5.39. The normalized spacial score (nSPS) is 20.9. The van der Waals surface area contributed by atoms with Gasteiger partial charge in [0.05, 0.1) is 5.52 Å². The number of fused-ring (bicyclic) bond motifs is 1. The summed E-state index contributed by atoms with van der Waals surface area (Å²) in [6, 6.07) is 10.4. The van der Waals surface area contributed by atoms with E-state index in [9.17, 15) is 4.79 Å². The number of aromatic nitrogens is 1. The van der Waals surface area contributed by atoms with Gasteiger partial charge in [-0.3, -0.25) is 14.7 Å². The van der Waals surface area contributed by atoms with Crippen LogP contribution in [0.15, 0.2) is 36.5 Å². The lowest BCUT2D eigenvalue weighted by atomic mass is 9.98. The minimum Gasteiger partial charge on any atom is -0.299 e. The van der Waals surface area contributed by atoms with Gasteiger partial charge in [-0.15, -0.1) is 0 Å². The smallest absolute Gasteiger partial charge is 0.138 e. The van der Waals surface area contributed by atoms with Gasteiger partial charge in [0.1, 0.15) is 5.78 Å². The maximum Gasteiger partial charge on any atom is 0.138 e. The standard InChI is InChI=1S/C16H18N2O/c1-12-10-18(7-6-16(12)19)11-13-8-14-4-2-3-5-15(14)17-9-13/h2-5,8-9,12H,6-7,10-11H2,1H3. The molecule has 1 unspecified atom stereocenters. The molecule has 1 fully saturated rings. The van der Waals surface area contributed by atoms with E-state index in [2.05, 4.69) is 22.0 Å². The number of rotatable bonds is 2. The van der Waals surface area contributed by atoms with Crippen LogP contribution in [0.25, 0.3) is 10.9 Å². The number of hydrogen-bond acceptors (Lipinski definition) is 3. The monoisotopic (exact) mass is 254 g/mol. The van der Waals surface area contributed by atoms with Crippen molar-refractivity contribution in [2.24, 2.45) is 5.92 Å². The number of piperidine rings is 1. The summed E-state index contributed by atoms with van der Waals surface area (Å²) < 4.78 is 0. The highest BCUT2D eigenvalue weighted by molar-refractivity contribution is 5.81. The van der Waals surface area contributed by atoms with Crippen molar-refractivity contribution >= 4 is 16.7 Å². The molecule has 0 aliphatic carbocycles. The molecular weight excluding hydrogens is 236 g/mol. The van der Waals surface area contributed by atoms with E-state index in [0.717, 1.165) is 25.2 Å². The van der Waals surface area contributed by atoms with Gasteiger partial charge in [0, 0.05) is 43.6 Å². The quantitative estimate of drug-likeness (QED) is 0.826. The highest BCUT2D eigenvalue weighted by Gasteiger charge is 2.23. The highest BCUT2D eigenvalue weighted by atomic mass is 16.1. The fourth-order valence-corrected chi connectivity index (χ4v) is 2.70. The van der Waals surface area contributed by atoms with E-state index in [1.54, 1.807) is 0 Å². The molecule has 0 radical (unpaired) electrons. The Morgan fingerprint density at radius 3 is 3.05 bits per heavy atom. The van der Waals surface area contributed by atoms with E-state index in [1.165, 1.54) is 10.9 Å². The number of likely N-dealkylation sites (tertiary alicyclic amines) is 1. The number of Topliss-reactive ketones (excluding diaryl/α,β-unsaturated/α-hetero) is 1. The van der Waals surface area contributed by atoms with E-state index in [0.29, 0.717) is 12.2 Å². The molecule has 0 amide bonds. The van der Waals surface area contributed by atoms with Crippen molar-refractivity contribution < 1.29 is 4.79 Å². The number of benzene rings is 1. The molecule has 1 aromatic heterocycles. The van der Waals surface area contributed by atoms with Crippen LogP contribution in [0.5, 0.6) is 0 Å². The van der Waals surface area contributed by atoms with Gasteiger partial charge in [-0.1, -0.05) is 25.1 Å². The van der Waals surface area contributed by atoms with Crippen LogP contribution >= 0.6 is 0 Å².